The van der Waals surface area contributed by atoms with Gasteiger partial charge in [-0.3, -0.25) is 9.36 Å². The lowest BCUT2D eigenvalue weighted by Crippen LogP contribution is -2.49. The number of halogens is 1. The fourth-order valence-corrected chi connectivity index (χ4v) is 4.40. The SMILES string of the molecule is CC(C)C(C)(C#N)NC(=O)CSc1nnc(Cn2cnc3ccccc32)n1-c1ccccc1Cl. The molecule has 0 radical (unpaired) electrons. The van der Waals surface area contributed by atoms with Crippen LogP contribution in [0.2, 0.25) is 5.02 Å². The third kappa shape index (κ3) is 4.79. The molecule has 0 fully saturated rings. The van der Waals surface area contributed by atoms with Crippen LogP contribution in [0.4, 0.5) is 0 Å². The number of fused-ring (bicyclic) bond motifs is 1. The Kier molecular flexibility index (Phi) is 6.91. The maximum Gasteiger partial charge on any atom is 0.231 e. The van der Waals surface area contributed by atoms with Crippen LogP contribution in [0, 0.1) is 17.2 Å². The van der Waals surface area contributed by atoms with E-state index in [0.717, 1.165) is 16.7 Å². The van der Waals surface area contributed by atoms with Crippen molar-refractivity contribution in [3.63, 3.8) is 0 Å². The van der Waals surface area contributed by atoms with E-state index < -0.39 is 5.54 Å². The molecular weight excluding hydrogens is 470 g/mol. The molecule has 1 N–H and O–H groups in total. The maximum absolute atomic E-state index is 12.6. The molecule has 2 aromatic heterocycles. The summed E-state index contributed by atoms with van der Waals surface area (Å²) in [6, 6.07) is 17.5. The number of rotatable bonds is 8. The van der Waals surface area contributed by atoms with Gasteiger partial charge in [-0.2, -0.15) is 5.26 Å². The normalized spacial score (nSPS) is 13.1. The number of aromatic nitrogens is 5. The summed E-state index contributed by atoms with van der Waals surface area (Å²) in [5, 5.41) is 22.2. The molecule has 2 aromatic carbocycles. The third-order valence-electron chi connectivity index (χ3n) is 5.75. The Balaban J connectivity index is 1.63. The summed E-state index contributed by atoms with van der Waals surface area (Å²) in [6.07, 6.45) is 1.77. The van der Waals surface area contributed by atoms with Gasteiger partial charge in [0.15, 0.2) is 11.0 Å². The van der Waals surface area contributed by atoms with Crippen LogP contribution in [0.3, 0.4) is 0 Å². The Hall–Kier alpha value is -3.35. The fourth-order valence-electron chi connectivity index (χ4n) is 3.42. The van der Waals surface area contributed by atoms with E-state index in [9.17, 15) is 10.1 Å². The molecule has 34 heavy (non-hydrogen) atoms. The van der Waals surface area contributed by atoms with Crippen molar-refractivity contribution in [2.45, 2.75) is 38.0 Å². The van der Waals surface area contributed by atoms with Crippen LogP contribution < -0.4 is 5.32 Å². The van der Waals surface area contributed by atoms with Crippen LogP contribution in [0.1, 0.15) is 26.6 Å². The average molecular weight is 494 g/mol. The summed E-state index contributed by atoms with van der Waals surface area (Å²) < 4.78 is 3.86. The Labute approximate surface area is 207 Å². The number of benzene rings is 2. The molecule has 4 aromatic rings. The fraction of sp³-hybridized carbons (Fsp3) is 0.292. The van der Waals surface area contributed by atoms with Gasteiger partial charge in [0.1, 0.15) is 5.54 Å². The lowest BCUT2D eigenvalue weighted by molar-refractivity contribution is -0.120. The molecule has 0 spiro atoms. The summed E-state index contributed by atoms with van der Waals surface area (Å²) in [6.45, 7) is 5.94. The van der Waals surface area contributed by atoms with E-state index in [4.69, 9.17) is 11.6 Å². The van der Waals surface area contributed by atoms with Gasteiger partial charge in [0.2, 0.25) is 5.91 Å². The number of carbonyl (C=O) groups excluding carboxylic acids is 1. The lowest BCUT2D eigenvalue weighted by atomic mass is 9.90. The van der Waals surface area contributed by atoms with Crippen molar-refractivity contribution in [3.05, 3.63) is 65.7 Å². The molecule has 8 nitrogen and oxygen atoms in total. The van der Waals surface area contributed by atoms with E-state index >= 15 is 0 Å². The monoisotopic (exact) mass is 493 g/mol. The van der Waals surface area contributed by atoms with E-state index in [1.54, 1.807) is 19.3 Å². The quantitative estimate of drug-likeness (QED) is 0.363. The highest BCUT2D eigenvalue weighted by molar-refractivity contribution is 7.99. The Bertz CT molecular complexity index is 1370. The first kappa shape index (κ1) is 23.8. The second-order valence-corrected chi connectivity index (χ2v) is 9.70. The van der Waals surface area contributed by atoms with Gasteiger partial charge in [0.05, 0.1) is 46.4 Å². The number of nitrogens with one attached hydrogen (secondary N) is 1. The van der Waals surface area contributed by atoms with Crippen molar-refractivity contribution in [1.29, 1.82) is 5.26 Å². The van der Waals surface area contributed by atoms with Crippen LogP contribution >= 0.6 is 23.4 Å². The predicted molar refractivity (Wildman–Crippen MR) is 133 cm³/mol. The van der Waals surface area contributed by atoms with E-state index in [0.29, 0.717) is 22.5 Å². The zero-order chi connectivity index (χ0) is 24.3. The number of nitrogens with zero attached hydrogens (tertiary/aromatic N) is 6. The van der Waals surface area contributed by atoms with Crippen LogP contribution in [-0.4, -0.2) is 41.5 Å². The van der Waals surface area contributed by atoms with Gasteiger partial charge in [0, 0.05) is 0 Å². The van der Waals surface area contributed by atoms with Crippen LogP contribution in [-0.2, 0) is 11.3 Å². The maximum atomic E-state index is 12.6. The van der Waals surface area contributed by atoms with Crippen LogP contribution in [0.5, 0.6) is 0 Å². The molecule has 2 heterocycles. The molecule has 0 bridgehead atoms. The largest absolute Gasteiger partial charge is 0.337 e. The average Bonchev–Trinajstić information content (AvgIpc) is 3.42. The summed E-state index contributed by atoms with van der Waals surface area (Å²) >= 11 is 7.76. The zero-order valence-electron chi connectivity index (χ0n) is 19.1. The number of hydrogen-bond donors (Lipinski definition) is 1. The minimum absolute atomic E-state index is 0.0326. The number of nitriles is 1. The molecule has 1 unspecified atom stereocenters. The predicted octanol–water partition coefficient (Wildman–Crippen LogP) is 4.47. The molecule has 0 saturated carbocycles. The molecule has 0 aliphatic heterocycles. The zero-order valence-corrected chi connectivity index (χ0v) is 20.6. The van der Waals surface area contributed by atoms with Crippen molar-refractivity contribution in [2.75, 3.05) is 5.75 Å². The van der Waals surface area contributed by atoms with E-state index in [-0.39, 0.29) is 17.6 Å². The van der Waals surface area contributed by atoms with E-state index in [1.165, 1.54) is 11.8 Å². The smallest absolute Gasteiger partial charge is 0.231 e. The molecule has 4 rings (SSSR count). The van der Waals surface area contributed by atoms with Crippen molar-refractivity contribution in [3.8, 4) is 11.8 Å². The molecule has 1 amide bonds. The van der Waals surface area contributed by atoms with Gasteiger partial charge in [0.25, 0.3) is 0 Å². The van der Waals surface area contributed by atoms with Crippen LogP contribution in [0.15, 0.2) is 60.0 Å². The Morgan fingerprint density at radius 1 is 1.21 bits per heavy atom. The highest BCUT2D eigenvalue weighted by Crippen LogP contribution is 2.28. The first-order chi connectivity index (χ1) is 16.3. The van der Waals surface area contributed by atoms with Gasteiger partial charge in [-0.05, 0) is 37.1 Å². The first-order valence-electron chi connectivity index (χ1n) is 10.8. The highest BCUT2D eigenvalue weighted by Gasteiger charge is 2.30. The topological polar surface area (TPSA) is 101 Å². The molecule has 174 valence electrons. The molecule has 0 aliphatic rings. The van der Waals surface area contributed by atoms with E-state index in [2.05, 4.69) is 26.6 Å². The Morgan fingerprint density at radius 2 is 1.94 bits per heavy atom. The second-order valence-electron chi connectivity index (χ2n) is 8.35. The standard InChI is InChI=1S/C24H24ClN7OS/c1-16(2)24(3,14-26)28-22(33)13-34-23-30-29-21(32(23)19-10-6-4-8-17(19)25)12-31-15-27-18-9-5-7-11-20(18)31/h4-11,15-16H,12-13H2,1-3H3,(H,28,33). The molecule has 1 atom stereocenters. The second kappa shape index (κ2) is 9.87. The van der Waals surface area contributed by atoms with Crippen molar-refractivity contribution in [1.82, 2.24) is 29.6 Å². The number of amides is 1. The molecule has 0 saturated heterocycles. The summed E-state index contributed by atoms with van der Waals surface area (Å²) in [5.74, 6) is 0.456. The number of carbonyl (C=O) groups is 1. The van der Waals surface area contributed by atoms with Crippen molar-refractivity contribution in [2.24, 2.45) is 5.92 Å². The van der Waals surface area contributed by atoms with Gasteiger partial charge in [-0.15, -0.1) is 10.2 Å². The summed E-state index contributed by atoms with van der Waals surface area (Å²) in [5.41, 5.74) is 1.65. The summed E-state index contributed by atoms with van der Waals surface area (Å²) in [7, 11) is 0. The lowest BCUT2D eigenvalue weighted by Gasteiger charge is -2.27. The number of thioether (sulfide) groups is 1. The van der Waals surface area contributed by atoms with Gasteiger partial charge in [-0.25, -0.2) is 4.98 Å². The van der Waals surface area contributed by atoms with E-state index in [1.807, 2.05) is 65.4 Å². The number of para-hydroxylation sites is 3. The first-order valence-corrected chi connectivity index (χ1v) is 12.1. The highest BCUT2D eigenvalue weighted by atomic mass is 35.5. The molecule has 10 heteroatoms. The minimum Gasteiger partial charge on any atom is -0.337 e. The number of hydrogen-bond acceptors (Lipinski definition) is 6. The minimum atomic E-state index is -0.943. The van der Waals surface area contributed by atoms with Gasteiger partial charge < -0.3 is 9.88 Å². The summed E-state index contributed by atoms with van der Waals surface area (Å²) in [4.78, 5) is 17.1. The van der Waals surface area contributed by atoms with Crippen molar-refractivity contribution >= 4 is 40.3 Å². The third-order valence-corrected chi connectivity index (χ3v) is 7.00. The molecule has 0 aliphatic carbocycles. The van der Waals surface area contributed by atoms with Crippen molar-refractivity contribution < 1.29 is 4.79 Å². The number of imidazole rings is 1. The van der Waals surface area contributed by atoms with Crippen LogP contribution in [0.25, 0.3) is 16.7 Å². The van der Waals surface area contributed by atoms with Gasteiger partial charge >= 0.3 is 0 Å². The van der Waals surface area contributed by atoms with Gasteiger partial charge in [-0.1, -0.05) is 61.5 Å². The molecular formula is C24H24ClN7OS. The Morgan fingerprint density at radius 3 is 2.68 bits per heavy atom.